The summed E-state index contributed by atoms with van der Waals surface area (Å²) >= 11 is 0. The molecule has 0 spiro atoms. The van der Waals surface area contributed by atoms with Crippen LogP contribution in [0.2, 0.25) is 0 Å². The van der Waals surface area contributed by atoms with Gasteiger partial charge in [-0.05, 0) is 23.9 Å². The molecule has 0 amide bonds. The molecule has 1 rings (SSSR count). The Bertz CT molecular complexity index is 431. The lowest BCUT2D eigenvalue weighted by atomic mass is 9.79. The number of rotatable bonds is 2. The lowest BCUT2D eigenvalue weighted by Gasteiger charge is -2.06. The van der Waals surface area contributed by atoms with Gasteiger partial charge in [-0.15, -0.1) is 0 Å². The summed E-state index contributed by atoms with van der Waals surface area (Å²) < 4.78 is 26.2. The van der Waals surface area contributed by atoms with E-state index in [0.29, 0.717) is 0 Å². The lowest BCUT2D eigenvalue weighted by Crippen LogP contribution is -2.30. The molecule has 1 aromatic carbocycles. The Labute approximate surface area is 86.5 Å². The maximum absolute atomic E-state index is 11.4. The minimum absolute atomic E-state index is 0.0263. The number of methoxy groups -OCH3 is 1. The predicted molar refractivity (Wildman–Crippen MR) is 52.3 cm³/mol. The standard InChI is InChI=1S/C9H11BO4/c1-6-3-4-7(10(12)13)5-8(6)9(11)14-2/h3-5,12-13H,1-2H3/i1D3. The van der Waals surface area contributed by atoms with E-state index in [2.05, 4.69) is 4.74 Å². The summed E-state index contributed by atoms with van der Waals surface area (Å²) in [5.74, 6) is -0.835. The van der Waals surface area contributed by atoms with Crippen molar-refractivity contribution in [2.75, 3.05) is 7.11 Å². The van der Waals surface area contributed by atoms with E-state index in [-0.39, 0.29) is 16.6 Å². The molecule has 0 heterocycles. The van der Waals surface area contributed by atoms with Crippen LogP contribution in [0.5, 0.6) is 0 Å². The van der Waals surface area contributed by atoms with Gasteiger partial charge in [0.1, 0.15) is 0 Å². The predicted octanol–water partition coefficient (Wildman–Crippen LogP) is -0.539. The smallest absolute Gasteiger partial charge is 0.465 e. The zero-order valence-electron chi connectivity index (χ0n) is 10.5. The van der Waals surface area contributed by atoms with Gasteiger partial charge in [0.25, 0.3) is 0 Å². The van der Waals surface area contributed by atoms with E-state index in [0.717, 1.165) is 19.2 Å². The molecule has 5 heteroatoms. The molecule has 0 aliphatic rings. The average molecular weight is 197 g/mol. The monoisotopic (exact) mass is 197 g/mol. The zero-order valence-corrected chi connectivity index (χ0v) is 7.52. The Morgan fingerprint density at radius 3 is 2.79 bits per heavy atom. The van der Waals surface area contributed by atoms with Crippen LogP contribution in [0.25, 0.3) is 0 Å². The molecular weight excluding hydrogens is 183 g/mol. The summed E-state index contributed by atoms with van der Waals surface area (Å²) in [7, 11) is -0.655. The van der Waals surface area contributed by atoms with Crippen LogP contribution >= 0.6 is 0 Å². The van der Waals surface area contributed by atoms with Crippen LogP contribution in [-0.2, 0) is 4.74 Å². The topological polar surface area (TPSA) is 66.8 Å². The Kier molecular flexibility index (Phi) is 2.14. The minimum Gasteiger partial charge on any atom is -0.465 e. The highest BCUT2D eigenvalue weighted by molar-refractivity contribution is 6.58. The highest BCUT2D eigenvalue weighted by atomic mass is 16.5. The van der Waals surface area contributed by atoms with Crippen LogP contribution in [0.1, 0.15) is 20.0 Å². The fourth-order valence-electron chi connectivity index (χ4n) is 1.00. The lowest BCUT2D eigenvalue weighted by molar-refractivity contribution is 0.0600. The minimum atomic E-state index is -2.47. The molecule has 0 unspecified atom stereocenters. The zero-order chi connectivity index (χ0) is 13.2. The van der Waals surface area contributed by atoms with Gasteiger partial charge in [0.2, 0.25) is 0 Å². The molecule has 14 heavy (non-hydrogen) atoms. The second-order valence-corrected chi connectivity index (χ2v) is 2.67. The highest BCUT2D eigenvalue weighted by Gasteiger charge is 2.15. The Morgan fingerprint density at radius 1 is 1.57 bits per heavy atom. The van der Waals surface area contributed by atoms with Crippen LogP contribution in [0, 0.1) is 6.85 Å². The van der Waals surface area contributed by atoms with Gasteiger partial charge in [-0.1, -0.05) is 12.1 Å². The molecule has 0 radical (unpaired) electrons. The number of esters is 1. The maximum atomic E-state index is 11.4. The van der Waals surface area contributed by atoms with Gasteiger partial charge in [-0.3, -0.25) is 0 Å². The number of carbonyl (C=O) groups is 1. The quantitative estimate of drug-likeness (QED) is 0.493. The SMILES string of the molecule is [2H]C([2H])([2H])c1ccc(B(O)O)cc1C(=O)OC. The molecule has 0 aliphatic carbocycles. The third-order valence-corrected chi connectivity index (χ3v) is 1.75. The summed E-state index contributed by atoms with van der Waals surface area (Å²) in [5, 5.41) is 17.9. The number of hydrogen-bond donors (Lipinski definition) is 2. The number of ether oxygens (including phenoxy) is 1. The molecule has 0 aliphatic heterocycles. The van der Waals surface area contributed by atoms with Crippen molar-refractivity contribution in [3.63, 3.8) is 0 Å². The van der Waals surface area contributed by atoms with Gasteiger partial charge >= 0.3 is 13.1 Å². The van der Waals surface area contributed by atoms with Gasteiger partial charge in [0, 0.05) is 4.11 Å². The van der Waals surface area contributed by atoms with E-state index < -0.39 is 19.9 Å². The molecule has 0 aromatic heterocycles. The number of carbonyl (C=O) groups excluding carboxylic acids is 1. The number of benzene rings is 1. The largest absolute Gasteiger partial charge is 0.488 e. The third kappa shape index (κ3) is 2.13. The molecule has 0 fully saturated rings. The van der Waals surface area contributed by atoms with Gasteiger partial charge in [-0.25, -0.2) is 4.79 Å². The van der Waals surface area contributed by atoms with E-state index >= 15 is 0 Å². The van der Waals surface area contributed by atoms with Crippen molar-refractivity contribution >= 4 is 18.6 Å². The summed E-state index contributed by atoms with van der Waals surface area (Å²) in [4.78, 5) is 11.4. The van der Waals surface area contributed by atoms with E-state index in [1.54, 1.807) is 0 Å². The first-order chi connectivity index (χ1) is 7.77. The normalized spacial score (nSPS) is 13.8. The van der Waals surface area contributed by atoms with E-state index in [1.165, 1.54) is 6.07 Å². The fourth-order valence-corrected chi connectivity index (χ4v) is 1.00. The van der Waals surface area contributed by atoms with Crippen molar-refractivity contribution in [2.24, 2.45) is 0 Å². The second-order valence-electron chi connectivity index (χ2n) is 2.67. The van der Waals surface area contributed by atoms with Crippen molar-refractivity contribution < 1.29 is 23.7 Å². The van der Waals surface area contributed by atoms with Gasteiger partial charge in [0.15, 0.2) is 0 Å². The van der Waals surface area contributed by atoms with Crippen LogP contribution in [0.4, 0.5) is 0 Å². The van der Waals surface area contributed by atoms with Crippen molar-refractivity contribution in [1.29, 1.82) is 0 Å². The molecule has 4 nitrogen and oxygen atoms in total. The first kappa shape index (κ1) is 7.03. The summed E-state index contributed by atoms with van der Waals surface area (Å²) in [6, 6.07) is 3.49. The van der Waals surface area contributed by atoms with Crippen LogP contribution in [-0.4, -0.2) is 30.2 Å². The summed E-state index contributed by atoms with van der Waals surface area (Å²) in [5.41, 5.74) is -0.356. The van der Waals surface area contributed by atoms with Gasteiger partial charge in [0.05, 0.1) is 12.7 Å². The molecule has 0 saturated carbocycles. The molecule has 0 bridgehead atoms. The van der Waals surface area contributed by atoms with Crippen LogP contribution < -0.4 is 5.46 Å². The van der Waals surface area contributed by atoms with Crippen molar-refractivity contribution in [1.82, 2.24) is 0 Å². The Morgan fingerprint density at radius 2 is 2.29 bits per heavy atom. The van der Waals surface area contributed by atoms with E-state index in [4.69, 9.17) is 14.2 Å². The molecule has 74 valence electrons. The molecule has 0 atom stereocenters. The number of hydrogen-bond acceptors (Lipinski definition) is 4. The first-order valence-corrected chi connectivity index (χ1v) is 3.86. The molecule has 0 saturated heterocycles. The highest BCUT2D eigenvalue weighted by Crippen LogP contribution is 2.06. The second kappa shape index (κ2) is 4.26. The van der Waals surface area contributed by atoms with Gasteiger partial charge in [-0.2, -0.15) is 0 Å². The van der Waals surface area contributed by atoms with Crippen molar-refractivity contribution in [2.45, 2.75) is 6.85 Å². The summed E-state index contributed by atoms with van der Waals surface area (Å²) in [6.07, 6.45) is 0. The molecular formula is C9H11BO4. The summed E-state index contributed by atoms with van der Waals surface area (Å²) in [6.45, 7) is -2.47. The Balaban J connectivity index is 3.37. The van der Waals surface area contributed by atoms with E-state index in [9.17, 15) is 4.79 Å². The third-order valence-electron chi connectivity index (χ3n) is 1.75. The van der Waals surface area contributed by atoms with Gasteiger partial charge < -0.3 is 14.8 Å². The maximum Gasteiger partial charge on any atom is 0.488 e. The molecule has 1 aromatic rings. The fraction of sp³-hybridized carbons (Fsp3) is 0.222. The van der Waals surface area contributed by atoms with Crippen LogP contribution in [0.15, 0.2) is 18.2 Å². The van der Waals surface area contributed by atoms with Crippen LogP contribution in [0.3, 0.4) is 0 Å². The Hall–Kier alpha value is -1.33. The first-order valence-electron chi connectivity index (χ1n) is 5.36. The van der Waals surface area contributed by atoms with E-state index in [1.807, 2.05) is 0 Å². The molecule has 2 N–H and O–H groups in total. The van der Waals surface area contributed by atoms with Crippen molar-refractivity contribution in [3.8, 4) is 0 Å². The number of aryl methyl sites for hydroxylation is 1. The average Bonchev–Trinajstić information content (AvgIpc) is 2.25. The van der Waals surface area contributed by atoms with Crippen molar-refractivity contribution in [3.05, 3.63) is 29.3 Å².